The van der Waals surface area contributed by atoms with Gasteiger partial charge in [-0.25, -0.2) is 8.42 Å². The van der Waals surface area contributed by atoms with Crippen LogP contribution in [0.4, 0.5) is 0 Å². The van der Waals surface area contributed by atoms with Gasteiger partial charge in [0.1, 0.15) is 5.75 Å². The second-order valence-corrected chi connectivity index (χ2v) is 11.7. The van der Waals surface area contributed by atoms with Crippen LogP contribution in [0, 0.1) is 5.92 Å². The van der Waals surface area contributed by atoms with Crippen LogP contribution in [0.15, 0.2) is 47.7 Å². The van der Waals surface area contributed by atoms with E-state index in [0.717, 1.165) is 37.9 Å². The van der Waals surface area contributed by atoms with Gasteiger partial charge in [-0.15, -0.1) is 0 Å². The van der Waals surface area contributed by atoms with Crippen molar-refractivity contribution in [3.8, 4) is 5.75 Å². The molecule has 1 aromatic carbocycles. The van der Waals surface area contributed by atoms with Gasteiger partial charge >= 0.3 is 5.97 Å². The molecule has 0 saturated heterocycles. The lowest BCUT2D eigenvalue weighted by Gasteiger charge is -2.18. The molecule has 0 fully saturated rings. The number of Topliss-reactive ketones (excluding diaryl/α,β-unsaturated/α-hetero) is 1. The van der Waals surface area contributed by atoms with Crippen LogP contribution in [0.5, 0.6) is 5.75 Å². The zero-order chi connectivity index (χ0) is 28.1. The summed E-state index contributed by atoms with van der Waals surface area (Å²) in [5.74, 6) is -1.42. The summed E-state index contributed by atoms with van der Waals surface area (Å²) < 4.78 is 32.5. The minimum atomic E-state index is -3.70. The predicted molar refractivity (Wildman–Crippen MR) is 146 cm³/mol. The average Bonchev–Trinajstić information content (AvgIpc) is 2.86. The van der Waals surface area contributed by atoms with E-state index in [1.807, 2.05) is 24.3 Å². The molecule has 0 saturated carbocycles. The molecule has 2 rings (SSSR count). The van der Waals surface area contributed by atoms with Crippen molar-refractivity contribution >= 4 is 27.7 Å². The Morgan fingerprint density at radius 1 is 1.08 bits per heavy atom. The van der Waals surface area contributed by atoms with Gasteiger partial charge in [-0.3, -0.25) is 19.1 Å². The number of methoxy groups -OCH3 is 1. The fourth-order valence-electron chi connectivity index (χ4n) is 4.22. The molecule has 0 aromatic heterocycles. The van der Waals surface area contributed by atoms with E-state index in [2.05, 4.69) is 4.72 Å². The SMILES string of the molecule is COc1ccc(CCCCCCC(CC2=CC(NS(=O)(=O)CCCC(=O)N(C)C)=CCC2=O)C(=O)O)cc1. The number of aryl methyl sites for hydroxylation is 1. The molecule has 1 unspecified atom stereocenters. The summed E-state index contributed by atoms with van der Waals surface area (Å²) in [7, 11) is 1.16. The summed E-state index contributed by atoms with van der Waals surface area (Å²) in [5, 5.41) is 9.71. The van der Waals surface area contributed by atoms with Gasteiger partial charge in [0.15, 0.2) is 5.78 Å². The van der Waals surface area contributed by atoms with Crippen LogP contribution >= 0.6 is 0 Å². The van der Waals surface area contributed by atoms with E-state index in [1.165, 1.54) is 22.6 Å². The molecule has 38 heavy (non-hydrogen) atoms. The van der Waals surface area contributed by atoms with Crippen molar-refractivity contribution in [2.45, 2.75) is 64.2 Å². The van der Waals surface area contributed by atoms with Crippen molar-refractivity contribution < 1.29 is 32.6 Å². The Balaban J connectivity index is 1.81. The van der Waals surface area contributed by atoms with Gasteiger partial charge < -0.3 is 14.7 Å². The monoisotopic (exact) mass is 548 g/mol. The van der Waals surface area contributed by atoms with Crippen LogP contribution in [-0.4, -0.2) is 63.0 Å². The maximum Gasteiger partial charge on any atom is 0.306 e. The third-order valence-corrected chi connectivity index (χ3v) is 7.89. The van der Waals surface area contributed by atoms with Gasteiger partial charge in [-0.05, 0) is 61.4 Å². The number of allylic oxidation sites excluding steroid dienone is 3. The predicted octanol–water partition coefficient (Wildman–Crippen LogP) is 3.85. The Morgan fingerprint density at radius 2 is 1.76 bits per heavy atom. The number of aliphatic carboxylic acids is 1. The van der Waals surface area contributed by atoms with Gasteiger partial charge in [0, 0.05) is 32.6 Å². The zero-order valence-corrected chi connectivity index (χ0v) is 23.4. The van der Waals surface area contributed by atoms with Crippen LogP contribution in [0.3, 0.4) is 0 Å². The van der Waals surface area contributed by atoms with E-state index in [4.69, 9.17) is 4.74 Å². The number of rotatable bonds is 17. The van der Waals surface area contributed by atoms with E-state index in [9.17, 15) is 27.9 Å². The van der Waals surface area contributed by atoms with Crippen LogP contribution in [0.2, 0.25) is 0 Å². The number of carbonyl (C=O) groups is 3. The molecule has 0 spiro atoms. The number of benzene rings is 1. The van der Waals surface area contributed by atoms with Gasteiger partial charge in [0.25, 0.3) is 0 Å². The lowest BCUT2D eigenvalue weighted by Crippen LogP contribution is -2.28. The Morgan fingerprint density at radius 3 is 2.39 bits per heavy atom. The fourth-order valence-corrected chi connectivity index (χ4v) is 5.34. The third-order valence-electron chi connectivity index (χ3n) is 6.51. The molecule has 2 N–H and O–H groups in total. The minimum absolute atomic E-state index is 0.0144. The summed E-state index contributed by atoms with van der Waals surface area (Å²) in [4.78, 5) is 37.4. The first-order valence-electron chi connectivity index (χ1n) is 13.0. The van der Waals surface area contributed by atoms with Crippen LogP contribution in [-0.2, 0) is 30.8 Å². The maximum absolute atomic E-state index is 12.4. The van der Waals surface area contributed by atoms with Gasteiger partial charge in [0.05, 0.1) is 18.8 Å². The highest BCUT2D eigenvalue weighted by molar-refractivity contribution is 7.89. The first-order chi connectivity index (χ1) is 18.0. The summed E-state index contributed by atoms with van der Waals surface area (Å²) in [6, 6.07) is 7.97. The van der Waals surface area contributed by atoms with Crippen LogP contribution in [0.25, 0.3) is 0 Å². The number of ether oxygens (including phenoxy) is 1. The molecule has 1 aliphatic carbocycles. The van der Waals surface area contributed by atoms with Crippen molar-refractivity contribution in [3.05, 3.63) is 53.3 Å². The normalized spacial score (nSPS) is 14.3. The standard InChI is InChI=1S/C28H40N2O7S/c1-30(2)27(32)11-8-18-38(35,36)29-24-14-17-26(31)23(20-24)19-22(28(33)34)10-7-5-4-6-9-21-12-15-25(37-3)16-13-21/h12-16,20,22,29H,4-11,17-19H2,1-3H3,(H,33,34). The van der Waals surface area contributed by atoms with Crippen molar-refractivity contribution in [2.75, 3.05) is 27.0 Å². The smallest absolute Gasteiger partial charge is 0.306 e. The molecule has 0 heterocycles. The summed E-state index contributed by atoms with van der Waals surface area (Å²) in [5.41, 5.74) is 1.82. The Bertz CT molecular complexity index is 1120. The van der Waals surface area contributed by atoms with Crippen LogP contribution < -0.4 is 9.46 Å². The van der Waals surface area contributed by atoms with E-state index >= 15 is 0 Å². The highest BCUT2D eigenvalue weighted by atomic mass is 32.2. The number of unbranched alkanes of at least 4 members (excludes halogenated alkanes) is 3. The highest BCUT2D eigenvalue weighted by Gasteiger charge is 2.24. The molecule has 0 bridgehead atoms. The van der Waals surface area contributed by atoms with Crippen LogP contribution in [0.1, 0.15) is 63.4 Å². The number of carboxylic acids is 1. The lowest BCUT2D eigenvalue weighted by atomic mass is 9.89. The first-order valence-corrected chi connectivity index (χ1v) is 14.7. The summed E-state index contributed by atoms with van der Waals surface area (Å²) in [6.07, 6.45) is 8.34. The topological polar surface area (TPSA) is 130 Å². The van der Waals surface area contributed by atoms with E-state index in [-0.39, 0.29) is 48.8 Å². The quantitative estimate of drug-likeness (QED) is 0.283. The van der Waals surface area contributed by atoms with Gasteiger partial charge in [0.2, 0.25) is 15.9 Å². The number of nitrogens with one attached hydrogen (secondary N) is 1. The largest absolute Gasteiger partial charge is 0.497 e. The van der Waals surface area contributed by atoms with E-state index in [1.54, 1.807) is 21.2 Å². The van der Waals surface area contributed by atoms with E-state index in [0.29, 0.717) is 12.0 Å². The maximum atomic E-state index is 12.4. The van der Waals surface area contributed by atoms with E-state index < -0.39 is 21.9 Å². The number of carboxylic acid groups (broad SMARTS) is 1. The molecule has 1 aromatic rings. The Hall–Kier alpha value is -3.14. The number of hydrogen-bond acceptors (Lipinski definition) is 6. The molecule has 210 valence electrons. The van der Waals surface area contributed by atoms with Crippen molar-refractivity contribution in [2.24, 2.45) is 5.92 Å². The molecular formula is C28H40N2O7S. The number of hydrogen-bond donors (Lipinski definition) is 2. The second kappa shape index (κ2) is 15.3. The molecule has 0 aliphatic heterocycles. The molecule has 1 amide bonds. The third kappa shape index (κ3) is 11.1. The summed E-state index contributed by atoms with van der Waals surface area (Å²) in [6.45, 7) is 0. The molecule has 1 aliphatic rings. The second-order valence-electron chi connectivity index (χ2n) is 9.81. The molecule has 10 heteroatoms. The number of amides is 1. The molecule has 1 atom stereocenters. The van der Waals surface area contributed by atoms with Crippen molar-refractivity contribution in [3.63, 3.8) is 0 Å². The molecular weight excluding hydrogens is 508 g/mol. The Labute approximate surface area is 226 Å². The first kappa shape index (κ1) is 31.1. The molecule has 9 nitrogen and oxygen atoms in total. The average molecular weight is 549 g/mol. The summed E-state index contributed by atoms with van der Waals surface area (Å²) >= 11 is 0. The van der Waals surface area contributed by atoms with Gasteiger partial charge in [-0.1, -0.05) is 37.5 Å². The molecule has 0 radical (unpaired) electrons. The fraction of sp³-hybridized carbons (Fsp3) is 0.536. The van der Waals surface area contributed by atoms with Crippen molar-refractivity contribution in [1.82, 2.24) is 9.62 Å². The van der Waals surface area contributed by atoms with Crippen molar-refractivity contribution in [1.29, 1.82) is 0 Å². The number of nitrogens with zero attached hydrogens (tertiary/aromatic N) is 1. The lowest BCUT2D eigenvalue weighted by molar-refractivity contribution is -0.142. The number of carbonyl (C=O) groups excluding carboxylic acids is 2. The highest BCUT2D eigenvalue weighted by Crippen LogP contribution is 2.25. The van der Waals surface area contributed by atoms with Gasteiger partial charge in [-0.2, -0.15) is 0 Å². The Kier molecular flexibility index (Phi) is 12.5. The number of sulfonamides is 1. The number of ketones is 1. The zero-order valence-electron chi connectivity index (χ0n) is 22.6. The minimum Gasteiger partial charge on any atom is -0.497 e.